The predicted octanol–water partition coefficient (Wildman–Crippen LogP) is 2.18. The van der Waals surface area contributed by atoms with Gasteiger partial charge in [-0.05, 0) is 23.6 Å². The quantitative estimate of drug-likeness (QED) is 0.0969. The number of phenolic OH excluding ortho intramolecular Hbond substituents is 1. The van der Waals surface area contributed by atoms with Crippen LogP contribution in [0, 0.1) is 10.1 Å². The number of nitro groups is 1. The minimum atomic E-state index is -4.91. The number of rotatable bonds is 5. The van der Waals surface area contributed by atoms with E-state index in [0.717, 1.165) is 24.3 Å². The van der Waals surface area contributed by atoms with Crippen LogP contribution in [0.1, 0.15) is 0 Å². The first-order chi connectivity index (χ1) is 14.3. The van der Waals surface area contributed by atoms with Crippen LogP contribution in [0.15, 0.2) is 62.5 Å². The second-order valence-corrected chi connectivity index (χ2v) is 8.91. The summed E-state index contributed by atoms with van der Waals surface area (Å²) < 4.78 is 64.4. The van der Waals surface area contributed by atoms with Crippen LogP contribution in [0.4, 0.5) is 22.7 Å². The van der Waals surface area contributed by atoms with Gasteiger partial charge in [0, 0.05) is 77.3 Å². The van der Waals surface area contributed by atoms with Crippen molar-refractivity contribution in [1.29, 1.82) is 0 Å². The summed E-state index contributed by atoms with van der Waals surface area (Å²) in [6, 6.07) is 6.89. The molecule has 0 bridgehead atoms. The van der Waals surface area contributed by atoms with E-state index in [1.807, 2.05) is 0 Å². The van der Waals surface area contributed by atoms with Gasteiger partial charge in [0.25, 0.3) is 25.9 Å². The number of benzene rings is 3. The van der Waals surface area contributed by atoms with Gasteiger partial charge in [-0.15, -0.1) is 10.2 Å². The second-order valence-electron chi connectivity index (χ2n) is 6.10. The molecular formula is C16H12N4Na2O9S2. The molecule has 17 heteroatoms. The number of nitrogens with zero attached hydrogens (tertiary/aromatic N) is 3. The minimum absolute atomic E-state index is 0. The van der Waals surface area contributed by atoms with Crippen LogP contribution in [0.3, 0.4) is 0 Å². The van der Waals surface area contributed by atoms with Crippen molar-refractivity contribution < 1.29 is 36.0 Å². The molecule has 0 aliphatic heterocycles. The van der Waals surface area contributed by atoms with Gasteiger partial charge in [0.2, 0.25) is 0 Å². The van der Waals surface area contributed by atoms with Crippen molar-refractivity contribution in [2.24, 2.45) is 10.2 Å². The maximum atomic E-state index is 11.6. The molecule has 0 fully saturated rings. The molecule has 5 N–H and O–H groups in total. The molecule has 3 rings (SSSR count). The van der Waals surface area contributed by atoms with E-state index in [2.05, 4.69) is 10.2 Å². The molecule has 13 nitrogen and oxygen atoms in total. The fourth-order valence-electron chi connectivity index (χ4n) is 2.68. The molecule has 3 aromatic rings. The van der Waals surface area contributed by atoms with Gasteiger partial charge >= 0.3 is 0 Å². The summed E-state index contributed by atoms with van der Waals surface area (Å²) in [5.74, 6) is -0.620. The molecule has 0 unspecified atom stereocenters. The van der Waals surface area contributed by atoms with Gasteiger partial charge in [-0.2, -0.15) is 16.8 Å². The van der Waals surface area contributed by atoms with E-state index >= 15 is 0 Å². The maximum absolute atomic E-state index is 11.6. The third-order valence-electron chi connectivity index (χ3n) is 4.06. The van der Waals surface area contributed by atoms with Gasteiger partial charge in [-0.25, -0.2) is 0 Å². The number of anilines is 1. The van der Waals surface area contributed by atoms with Crippen molar-refractivity contribution in [2.75, 3.05) is 5.73 Å². The van der Waals surface area contributed by atoms with Crippen LogP contribution in [-0.4, -0.2) is 95.1 Å². The van der Waals surface area contributed by atoms with Crippen molar-refractivity contribution in [3.8, 4) is 5.75 Å². The number of aromatic hydroxyl groups is 1. The Morgan fingerprint density at radius 2 is 1.55 bits per heavy atom. The fraction of sp³-hybridized carbons (Fsp3) is 0. The van der Waals surface area contributed by atoms with Crippen molar-refractivity contribution in [3.05, 3.63) is 52.6 Å². The normalized spacial score (nSPS) is 11.7. The van der Waals surface area contributed by atoms with Crippen molar-refractivity contribution in [2.45, 2.75) is 9.79 Å². The molecular weight excluding hydrogens is 502 g/mol. The summed E-state index contributed by atoms with van der Waals surface area (Å²) in [6.07, 6.45) is 0. The number of fused-ring (bicyclic) bond motifs is 1. The smallest absolute Gasteiger partial charge is 0.297 e. The first-order valence-corrected chi connectivity index (χ1v) is 10.9. The third-order valence-corrected chi connectivity index (χ3v) is 5.78. The Kier molecular flexibility index (Phi) is 9.55. The van der Waals surface area contributed by atoms with Gasteiger partial charge in [-0.3, -0.25) is 19.2 Å². The zero-order chi connectivity index (χ0) is 23.1. The van der Waals surface area contributed by atoms with E-state index in [-0.39, 0.29) is 81.3 Å². The van der Waals surface area contributed by atoms with Crippen LogP contribution in [0.5, 0.6) is 5.75 Å². The largest absolute Gasteiger partial charge is 0.507 e. The molecule has 0 spiro atoms. The zero-order valence-electron chi connectivity index (χ0n) is 17.1. The Labute approximate surface area is 230 Å². The summed E-state index contributed by atoms with van der Waals surface area (Å²) in [4.78, 5) is 8.52. The van der Waals surface area contributed by atoms with Crippen LogP contribution in [-0.2, 0) is 20.2 Å². The molecule has 0 aromatic heterocycles. The molecule has 0 amide bonds. The Morgan fingerprint density at radius 1 is 0.909 bits per heavy atom. The Bertz CT molecular complexity index is 1490. The summed E-state index contributed by atoms with van der Waals surface area (Å²) in [6.45, 7) is 0. The molecule has 2 radical (unpaired) electrons. The van der Waals surface area contributed by atoms with Crippen LogP contribution >= 0.6 is 0 Å². The summed E-state index contributed by atoms with van der Waals surface area (Å²) >= 11 is 0. The topological polar surface area (TPSA) is 223 Å². The average molecular weight is 514 g/mol. The number of azo groups is 1. The van der Waals surface area contributed by atoms with E-state index in [0.29, 0.717) is 6.07 Å². The zero-order valence-corrected chi connectivity index (χ0v) is 22.7. The van der Waals surface area contributed by atoms with E-state index in [9.17, 15) is 41.2 Å². The number of nitrogens with two attached hydrogens (primary N) is 1. The molecule has 3 aromatic carbocycles. The number of phenols is 1. The van der Waals surface area contributed by atoms with Crippen LogP contribution in [0.2, 0.25) is 0 Å². The molecule has 0 atom stereocenters. The minimum Gasteiger partial charge on any atom is -0.507 e. The standard InChI is InChI=1S/C16H12N4O9S2.2Na/c17-11-3-1-8-5-10(30(24,25)26)7-13(21)15(8)16(11)19-18-12-4-2-9(20(22)23)6-14(12)31(27,28)29;;/h1-7,21H,17H2,(H,24,25,26)(H,27,28,29);;. The molecule has 0 heterocycles. The Balaban J connectivity index is 0.00000272. The van der Waals surface area contributed by atoms with Gasteiger partial charge in [0.15, 0.2) is 0 Å². The van der Waals surface area contributed by atoms with Gasteiger partial charge < -0.3 is 10.8 Å². The van der Waals surface area contributed by atoms with E-state index < -0.39 is 52.1 Å². The van der Waals surface area contributed by atoms with Crippen molar-refractivity contribution in [1.82, 2.24) is 0 Å². The molecule has 33 heavy (non-hydrogen) atoms. The fourth-order valence-corrected chi connectivity index (χ4v) is 3.86. The summed E-state index contributed by atoms with van der Waals surface area (Å²) in [5, 5.41) is 28.6. The number of hydrogen-bond donors (Lipinski definition) is 4. The third kappa shape index (κ3) is 6.48. The molecule has 0 saturated heterocycles. The van der Waals surface area contributed by atoms with Gasteiger partial charge in [0.1, 0.15) is 22.0 Å². The molecule has 0 saturated carbocycles. The first-order valence-electron chi connectivity index (χ1n) is 7.99. The SMILES string of the molecule is Nc1ccc2cc(S(=O)(=O)O)cc(O)c2c1N=Nc1ccc([N+](=O)[O-])cc1S(=O)(=O)O.[Na].[Na]. The van der Waals surface area contributed by atoms with E-state index in [1.165, 1.54) is 12.1 Å². The molecule has 164 valence electrons. The Morgan fingerprint density at radius 3 is 2.09 bits per heavy atom. The molecule has 0 aliphatic rings. The summed E-state index contributed by atoms with van der Waals surface area (Å²) in [7, 11) is -9.53. The van der Waals surface area contributed by atoms with Crippen LogP contribution < -0.4 is 5.73 Å². The first kappa shape index (κ1) is 29.4. The van der Waals surface area contributed by atoms with Crippen LogP contribution in [0.25, 0.3) is 10.8 Å². The average Bonchev–Trinajstić information content (AvgIpc) is 2.65. The van der Waals surface area contributed by atoms with Crippen molar-refractivity contribution in [3.63, 3.8) is 0 Å². The van der Waals surface area contributed by atoms with Crippen molar-refractivity contribution >= 4 is 113 Å². The second kappa shape index (κ2) is 10.7. The van der Waals surface area contributed by atoms with E-state index in [1.54, 1.807) is 0 Å². The van der Waals surface area contributed by atoms with E-state index in [4.69, 9.17) is 5.73 Å². The number of non-ortho nitro benzene ring substituents is 1. The number of hydrogen-bond acceptors (Lipinski definition) is 10. The monoisotopic (exact) mass is 514 g/mol. The number of nitro benzene ring substituents is 1. The summed E-state index contributed by atoms with van der Waals surface area (Å²) in [5.41, 5.74) is 4.54. The maximum Gasteiger partial charge on any atom is 0.297 e. The number of nitrogen functional groups attached to an aromatic ring is 1. The Hall–Kier alpha value is -1.66. The van der Waals surface area contributed by atoms with Gasteiger partial charge in [-0.1, -0.05) is 6.07 Å². The predicted molar refractivity (Wildman–Crippen MR) is 118 cm³/mol. The van der Waals surface area contributed by atoms with Gasteiger partial charge in [0.05, 0.1) is 20.9 Å². The molecule has 0 aliphatic carbocycles.